The van der Waals surface area contributed by atoms with Crippen molar-refractivity contribution < 1.29 is 4.79 Å². The molecule has 0 saturated carbocycles. The summed E-state index contributed by atoms with van der Waals surface area (Å²) in [7, 11) is 1.62. The third-order valence-corrected chi connectivity index (χ3v) is 6.10. The Morgan fingerprint density at radius 1 is 1.31 bits per heavy atom. The molecule has 3 heterocycles. The summed E-state index contributed by atoms with van der Waals surface area (Å²) >= 11 is 1.37. The fourth-order valence-electron chi connectivity index (χ4n) is 3.65. The van der Waals surface area contributed by atoms with Crippen molar-refractivity contribution in [1.29, 1.82) is 0 Å². The summed E-state index contributed by atoms with van der Waals surface area (Å²) in [6, 6.07) is 14.9. The Morgan fingerprint density at radius 3 is 2.88 bits per heavy atom. The van der Waals surface area contributed by atoms with E-state index in [1.165, 1.54) is 23.3 Å². The predicted molar refractivity (Wildman–Crippen MR) is 106 cm³/mol. The Labute approximate surface area is 156 Å². The highest BCUT2D eigenvalue weighted by atomic mass is 32.1. The van der Waals surface area contributed by atoms with E-state index in [-0.39, 0.29) is 5.91 Å². The van der Waals surface area contributed by atoms with Gasteiger partial charge in [-0.25, -0.2) is 4.98 Å². The van der Waals surface area contributed by atoms with Gasteiger partial charge in [0, 0.05) is 19.0 Å². The van der Waals surface area contributed by atoms with Crippen LogP contribution in [0.2, 0.25) is 0 Å². The molecular weight excluding hydrogens is 344 g/mol. The molecule has 1 unspecified atom stereocenters. The lowest BCUT2D eigenvalue weighted by atomic mass is 10.1. The van der Waals surface area contributed by atoms with Crippen molar-refractivity contribution in [2.24, 2.45) is 0 Å². The first-order valence-corrected chi connectivity index (χ1v) is 9.68. The van der Waals surface area contributed by atoms with E-state index in [1.54, 1.807) is 7.05 Å². The number of carbonyl (C=O) groups excluding carboxylic acids is 1. The summed E-state index contributed by atoms with van der Waals surface area (Å²) in [6.07, 6.45) is 2.28. The van der Waals surface area contributed by atoms with Crippen molar-refractivity contribution in [3.05, 3.63) is 58.6 Å². The molecule has 0 spiro atoms. The molecule has 134 valence electrons. The van der Waals surface area contributed by atoms with Gasteiger partial charge in [0.15, 0.2) is 0 Å². The number of nitrogen functional groups attached to an aromatic ring is 1. The first-order valence-electron chi connectivity index (χ1n) is 8.86. The molecule has 0 aliphatic carbocycles. The fourth-order valence-corrected chi connectivity index (χ4v) is 4.69. The zero-order chi connectivity index (χ0) is 18.1. The van der Waals surface area contributed by atoms with Gasteiger partial charge in [-0.05, 0) is 37.1 Å². The van der Waals surface area contributed by atoms with Gasteiger partial charge in [0.25, 0.3) is 5.91 Å². The van der Waals surface area contributed by atoms with Crippen molar-refractivity contribution in [3.63, 3.8) is 0 Å². The summed E-state index contributed by atoms with van der Waals surface area (Å²) in [5.74, 6) is -0.154. The summed E-state index contributed by atoms with van der Waals surface area (Å²) in [6.45, 7) is 2.01. The van der Waals surface area contributed by atoms with Crippen LogP contribution in [0.3, 0.4) is 0 Å². The molecule has 1 atom stereocenters. The molecule has 6 heteroatoms. The predicted octanol–water partition coefficient (Wildman–Crippen LogP) is 3.58. The quantitative estimate of drug-likeness (QED) is 0.740. The maximum absolute atomic E-state index is 12.0. The first-order chi connectivity index (χ1) is 12.7. The van der Waals surface area contributed by atoms with E-state index in [2.05, 4.69) is 40.5 Å². The Kier molecular flexibility index (Phi) is 4.61. The van der Waals surface area contributed by atoms with Crippen LogP contribution in [0.1, 0.15) is 39.8 Å². The molecule has 1 aromatic carbocycles. The van der Waals surface area contributed by atoms with E-state index in [4.69, 9.17) is 10.7 Å². The minimum atomic E-state index is -0.154. The monoisotopic (exact) mass is 366 g/mol. The number of pyridine rings is 1. The molecule has 5 nitrogen and oxygen atoms in total. The van der Waals surface area contributed by atoms with Crippen molar-refractivity contribution in [2.75, 3.05) is 19.3 Å². The molecule has 1 amide bonds. The number of amides is 1. The number of carbonyl (C=O) groups is 1. The second kappa shape index (κ2) is 7.05. The maximum Gasteiger partial charge on any atom is 0.263 e. The molecule has 2 aromatic heterocycles. The highest BCUT2D eigenvalue weighted by Gasteiger charge is 2.28. The van der Waals surface area contributed by atoms with Crippen LogP contribution < -0.4 is 11.1 Å². The third-order valence-electron chi connectivity index (χ3n) is 4.98. The Balaban J connectivity index is 1.64. The summed E-state index contributed by atoms with van der Waals surface area (Å²) in [4.78, 5) is 20.7. The SMILES string of the molecule is CNC(=O)c1sc2nc(C3CCCN3Cc3ccccc3)ccc2c1N. The normalized spacial score (nSPS) is 17.7. The zero-order valence-electron chi connectivity index (χ0n) is 14.7. The van der Waals surface area contributed by atoms with E-state index >= 15 is 0 Å². The van der Waals surface area contributed by atoms with Crippen LogP contribution in [0.25, 0.3) is 10.2 Å². The van der Waals surface area contributed by atoms with Crippen LogP contribution in [0.15, 0.2) is 42.5 Å². The number of fused-ring (bicyclic) bond motifs is 1. The second-order valence-electron chi connectivity index (χ2n) is 6.63. The average Bonchev–Trinajstić information content (AvgIpc) is 3.26. The fraction of sp³-hybridized carbons (Fsp3) is 0.300. The second-order valence-corrected chi connectivity index (χ2v) is 7.63. The number of thiophene rings is 1. The summed E-state index contributed by atoms with van der Waals surface area (Å²) < 4.78 is 0. The van der Waals surface area contributed by atoms with Crippen molar-refractivity contribution in [3.8, 4) is 0 Å². The van der Waals surface area contributed by atoms with Crippen LogP contribution in [0.4, 0.5) is 5.69 Å². The summed E-state index contributed by atoms with van der Waals surface area (Å²) in [5, 5.41) is 3.51. The highest BCUT2D eigenvalue weighted by molar-refractivity contribution is 7.21. The summed E-state index contributed by atoms with van der Waals surface area (Å²) in [5.41, 5.74) is 9.06. The molecule has 4 rings (SSSR count). The van der Waals surface area contributed by atoms with Crippen LogP contribution in [-0.2, 0) is 6.54 Å². The maximum atomic E-state index is 12.0. The Hall–Kier alpha value is -2.44. The largest absolute Gasteiger partial charge is 0.397 e. The Morgan fingerprint density at radius 2 is 2.12 bits per heavy atom. The number of nitrogens with zero attached hydrogens (tertiary/aromatic N) is 2. The average molecular weight is 366 g/mol. The Bertz CT molecular complexity index is 938. The third kappa shape index (κ3) is 3.06. The van der Waals surface area contributed by atoms with Gasteiger partial charge in [-0.3, -0.25) is 9.69 Å². The van der Waals surface area contributed by atoms with Gasteiger partial charge in [0.2, 0.25) is 0 Å². The van der Waals surface area contributed by atoms with E-state index < -0.39 is 0 Å². The number of benzene rings is 1. The van der Waals surface area contributed by atoms with Crippen LogP contribution in [0.5, 0.6) is 0 Å². The van der Waals surface area contributed by atoms with E-state index in [0.29, 0.717) is 16.6 Å². The van der Waals surface area contributed by atoms with Gasteiger partial charge in [0.1, 0.15) is 9.71 Å². The van der Waals surface area contributed by atoms with Gasteiger partial charge in [-0.1, -0.05) is 30.3 Å². The molecule has 26 heavy (non-hydrogen) atoms. The lowest BCUT2D eigenvalue weighted by molar-refractivity contribution is 0.0968. The smallest absolute Gasteiger partial charge is 0.263 e. The first kappa shape index (κ1) is 17.0. The van der Waals surface area contributed by atoms with Gasteiger partial charge in [-0.2, -0.15) is 0 Å². The lowest BCUT2D eigenvalue weighted by Crippen LogP contribution is -2.23. The number of anilines is 1. The topological polar surface area (TPSA) is 71.2 Å². The van der Waals surface area contributed by atoms with E-state index in [9.17, 15) is 4.79 Å². The van der Waals surface area contributed by atoms with Crippen LogP contribution in [0, 0.1) is 0 Å². The van der Waals surface area contributed by atoms with Crippen LogP contribution in [-0.4, -0.2) is 29.4 Å². The molecule has 1 aliphatic rings. The molecule has 1 saturated heterocycles. The van der Waals surface area contributed by atoms with Gasteiger partial charge in [0.05, 0.1) is 17.4 Å². The highest BCUT2D eigenvalue weighted by Crippen LogP contribution is 2.37. The number of hydrogen-bond acceptors (Lipinski definition) is 5. The molecule has 0 radical (unpaired) electrons. The van der Waals surface area contributed by atoms with Crippen molar-refractivity contribution in [1.82, 2.24) is 15.2 Å². The minimum absolute atomic E-state index is 0.154. The molecule has 3 aromatic rings. The van der Waals surface area contributed by atoms with Gasteiger partial charge >= 0.3 is 0 Å². The molecular formula is C20H22N4OS. The molecule has 1 fully saturated rings. The zero-order valence-corrected chi connectivity index (χ0v) is 15.6. The number of nitrogens with one attached hydrogen (secondary N) is 1. The van der Waals surface area contributed by atoms with Gasteiger partial charge in [-0.15, -0.1) is 11.3 Å². The standard InChI is InChI=1S/C20H22N4OS/c1-22-19(25)18-17(21)14-9-10-15(23-20(14)26-18)16-8-5-11-24(16)12-13-6-3-2-4-7-13/h2-4,6-7,9-10,16H,5,8,11-12,21H2,1H3,(H,22,25). The van der Waals surface area contributed by atoms with Crippen molar-refractivity contribution >= 4 is 33.1 Å². The van der Waals surface area contributed by atoms with Crippen LogP contribution >= 0.6 is 11.3 Å². The van der Waals surface area contributed by atoms with Crippen molar-refractivity contribution in [2.45, 2.75) is 25.4 Å². The van der Waals surface area contributed by atoms with E-state index in [0.717, 1.165) is 35.4 Å². The minimum Gasteiger partial charge on any atom is -0.397 e. The molecule has 3 N–H and O–H groups in total. The van der Waals surface area contributed by atoms with Gasteiger partial charge < -0.3 is 11.1 Å². The molecule has 1 aliphatic heterocycles. The molecule has 0 bridgehead atoms. The number of likely N-dealkylation sites (tertiary alicyclic amines) is 1. The number of nitrogens with two attached hydrogens (primary N) is 1. The number of hydrogen-bond donors (Lipinski definition) is 2. The number of aromatic nitrogens is 1. The lowest BCUT2D eigenvalue weighted by Gasteiger charge is -2.24. The van der Waals surface area contributed by atoms with E-state index in [1.807, 2.05) is 12.1 Å². The number of rotatable bonds is 4.